The number of rotatable bonds is 4. The van der Waals surface area contributed by atoms with Crippen LogP contribution in [0.25, 0.3) is 0 Å². The van der Waals surface area contributed by atoms with Gasteiger partial charge in [0.2, 0.25) is 0 Å². The molecule has 0 spiro atoms. The topological polar surface area (TPSA) is 54.1 Å². The number of nitriles is 2. The molecule has 0 aliphatic carbocycles. The van der Waals surface area contributed by atoms with Gasteiger partial charge in [0.1, 0.15) is 0 Å². The zero-order valence-electron chi connectivity index (χ0n) is 14.4. The van der Waals surface area contributed by atoms with Gasteiger partial charge in [-0.15, -0.1) is 0 Å². The molecule has 1 aliphatic heterocycles. The Morgan fingerprint density at radius 2 is 1.44 bits per heavy atom. The van der Waals surface area contributed by atoms with Gasteiger partial charge in [0.25, 0.3) is 0 Å². The van der Waals surface area contributed by atoms with Crippen LogP contribution in [0.15, 0.2) is 48.5 Å². The molecule has 3 rings (SSSR count). The van der Waals surface area contributed by atoms with Crippen LogP contribution in [0, 0.1) is 22.7 Å². The summed E-state index contributed by atoms with van der Waals surface area (Å²) in [5.74, 6) is 0. The molecule has 1 saturated heterocycles. The van der Waals surface area contributed by atoms with Gasteiger partial charge in [-0.2, -0.15) is 10.5 Å². The molecule has 0 radical (unpaired) electrons. The van der Waals surface area contributed by atoms with E-state index in [1.54, 1.807) is 0 Å². The van der Waals surface area contributed by atoms with Crippen molar-refractivity contribution < 1.29 is 0 Å². The standard InChI is InChI=1S/C21H22N4/c22-14-18-6-8-19(9-7-18)16-24-10-3-11-25(13-12-24)17-21-5-2-1-4-20(21)15-23/h1-2,4-9H,3,10-13,16-17H2. The van der Waals surface area contributed by atoms with Crippen molar-refractivity contribution in [1.82, 2.24) is 9.80 Å². The minimum atomic E-state index is 0.710. The molecule has 0 atom stereocenters. The van der Waals surface area contributed by atoms with Crippen LogP contribution < -0.4 is 0 Å². The summed E-state index contributed by atoms with van der Waals surface area (Å²) in [7, 11) is 0. The molecule has 126 valence electrons. The highest BCUT2D eigenvalue weighted by Gasteiger charge is 2.16. The quantitative estimate of drug-likeness (QED) is 0.864. The van der Waals surface area contributed by atoms with Crippen LogP contribution >= 0.6 is 0 Å². The predicted molar refractivity (Wildman–Crippen MR) is 97.5 cm³/mol. The van der Waals surface area contributed by atoms with Gasteiger partial charge in [0.15, 0.2) is 0 Å². The Labute approximate surface area is 149 Å². The van der Waals surface area contributed by atoms with Crippen LogP contribution in [0.2, 0.25) is 0 Å². The summed E-state index contributed by atoms with van der Waals surface area (Å²) in [4.78, 5) is 4.91. The molecule has 0 unspecified atom stereocenters. The summed E-state index contributed by atoms with van der Waals surface area (Å²) in [6.45, 7) is 5.94. The molecule has 0 bridgehead atoms. The van der Waals surface area contributed by atoms with Crippen molar-refractivity contribution in [2.24, 2.45) is 0 Å². The summed E-state index contributed by atoms with van der Waals surface area (Å²) in [6, 6.07) is 20.2. The first-order chi connectivity index (χ1) is 12.3. The van der Waals surface area contributed by atoms with Gasteiger partial charge in [-0.05, 0) is 48.8 Å². The zero-order valence-corrected chi connectivity index (χ0v) is 14.4. The van der Waals surface area contributed by atoms with E-state index in [0.29, 0.717) is 5.56 Å². The fourth-order valence-electron chi connectivity index (χ4n) is 3.29. The minimum Gasteiger partial charge on any atom is -0.298 e. The molecular weight excluding hydrogens is 308 g/mol. The van der Waals surface area contributed by atoms with E-state index in [0.717, 1.165) is 56.8 Å². The van der Waals surface area contributed by atoms with Gasteiger partial charge >= 0.3 is 0 Å². The second-order valence-corrected chi connectivity index (χ2v) is 6.48. The van der Waals surface area contributed by atoms with Crippen molar-refractivity contribution in [3.8, 4) is 12.1 Å². The highest BCUT2D eigenvalue weighted by Crippen LogP contribution is 2.14. The van der Waals surface area contributed by atoms with E-state index in [4.69, 9.17) is 5.26 Å². The lowest BCUT2D eigenvalue weighted by Gasteiger charge is -2.22. The molecule has 1 aliphatic rings. The van der Waals surface area contributed by atoms with E-state index in [9.17, 15) is 5.26 Å². The van der Waals surface area contributed by atoms with Crippen LogP contribution in [-0.4, -0.2) is 36.0 Å². The molecule has 2 aromatic carbocycles. The number of hydrogen-bond acceptors (Lipinski definition) is 4. The molecule has 1 fully saturated rings. The third-order valence-corrected chi connectivity index (χ3v) is 4.70. The Kier molecular flexibility index (Phi) is 5.80. The molecule has 1 heterocycles. The Hall–Kier alpha value is -2.66. The first-order valence-electron chi connectivity index (χ1n) is 8.70. The smallest absolute Gasteiger partial charge is 0.0995 e. The number of benzene rings is 2. The molecule has 25 heavy (non-hydrogen) atoms. The van der Waals surface area contributed by atoms with Crippen LogP contribution in [0.1, 0.15) is 28.7 Å². The molecule has 4 heteroatoms. The Morgan fingerprint density at radius 3 is 2.12 bits per heavy atom. The molecule has 0 saturated carbocycles. The molecular formula is C21H22N4. The van der Waals surface area contributed by atoms with Crippen molar-refractivity contribution in [3.05, 3.63) is 70.8 Å². The van der Waals surface area contributed by atoms with Gasteiger partial charge in [0.05, 0.1) is 23.3 Å². The lowest BCUT2D eigenvalue weighted by molar-refractivity contribution is 0.247. The highest BCUT2D eigenvalue weighted by molar-refractivity contribution is 5.37. The summed E-state index contributed by atoms with van der Waals surface area (Å²) in [5.41, 5.74) is 3.86. The van der Waals surface area contributed by atoms with E-state index in [-0.39, 0.29) is 0 Å². The van der Waals surface area contributed by atoms with Gasteiger partial charge in [-0.1, -0.05) is 30.3 Å². The first-order valence-corrected chi connectivity index (χ1v) is 8.70. The molecule has 4 nitrogen and oxygen atoms in total. The summed E-state index contributed by atoms with van der Waals surface area (Å²) >= 11 is 0. The minimum absolute atomic E-state index is 0.710. The largest absolute Gasteiger partial charge is 0.298 e. The fraction of sp³-hybridized carbons (Fsp3) is 0.333. The predicted octanol–water partition coefficient (Wildman–Crippen LogP) is 3.14. The van der Waals surface area contributed by atoms with Crippen molar-refractivity contribution in [2.45, 2.75) is 19.5 Å². The maximum absolute atomic E-state index is 9.25. The van der Waals surface area contributed by atoms with Gasteiger partial charge in [-0.25, -0.2) is 0 Å². The monoisotopic (exact) mass is 330 g/mol. The lowest BCUT2D eigenvalue weighted by Crippen LogP contribution is -2.30. The molecule has 2 aromatic rings. The van der Waals surface area contributed by atoms with Gasteiger partial charge < -0.3 is 0 Å². The summed E-state index contributed by atoms with van der Waals surface area (Å²) < 4.78 is 0. The Morgan fingerprint density at radius 1 is 0.760 bits per heavy atom. The second-order valence-electron chi connectivity index (χ2n) is 6.48. The lowest BCUT2D eigenvalue weighted by atomic mass is 10.1. The molecule has 0 amide bonds. The first kappa shape index (κ1) is 17.2. The summed E-state index contributed by atoms with van der Waals surface area (Å²) in [6.07, 6.45) is 1.13. The van der Waals surface area contributed by atoms with Crippen LogP contribution in [0.3, 0.4) is 0 Å². The number of hydrogen-bond donors (Lipinski definition) is 0. The van der Waals surface area contributed by atoms with Crippen molar-refractivity contribution >= 4 is 0 Å². The zero-order chi connectivity index (χ0) is 17.5. The maximum Gasteiger partial charge on any atom is 0.0995 e. The SMILES string of the molecule is N#Cc1ccc(CN2CCCN(Cc3ccccc3C#N)CC2)cc1. The average Bonchev–Trinajstić information content (AvgIpc) is 2.88. The molecule has 0 aromatic heterocycles. The maximum atomic E-state index is 9.25. The van der Waals surface area contributed by atoms with E-state index >= 15 is 0 Å². The summed E-state index contributed by atoms with van der Waals surface area (Å²) in [5, 5.41) is 18.1. The Bertz CT molecular complexity index is 783. The van der Waals surface area contributed by atoms with E-state index < -0.39 is 0 Å². The second kappa shape index (κ2) is 8.44. The molecule has 0 N–H and O–H groups in total. The fourth-order valence-corrected chi connectivity index (χ4v) is 3.29. The Balaban J connectivity index is 1.57. The van der Waals surface area contributed by atoms with Crippen molar-refractivity contribution in [3.63, 3.8) is 0 Å². The van der Waals surface area contributed by atoms with E-state index in [1.807, 2.05) is 42.5 Å². The number of nitrogens with zero attached hydrogens (tertiary/aromatic N) is 4. The highest BCUT2D eigenvalue weighted by atomic mass is 15.2. The van der Waals surface area contributed by atoms with Crippen molar-refractivity contribution in [1.29, 1.82) is 10.5 Å². The average molecular weight is 330 g/mol. The van der Waals surface area contributed by atoms with Crippen molar-refractivity contribution in [2.75, 3.05) is 26.2 Å². The normalized spacial score (nSPS) is 15.9. The van der Waals surface area contributed by atoms with Crippen LogP contribution in [-0.2, 0) is 13.1 Å². The van der Waals surface area contributed by atoms with Crippen LogP contribution in [0.4, 0.5) is 0 Å². The van der Waals surface area contributed by atoms with Gasteiger partial charge in [-0.3, -0.25) is 9.80 Å². The van der Waals surface area contributed by atoms with E-state index in [2.05, 4.69) is 28.0 Å². The van der Waals surface area contributed by atoms with Crippen LogP contribution in [0.5, 0.6) is 0 Å². The third-order valence-electron chi connectivity index (χ3n) is 4.70. The van der Waals surface area contributed by atoms with E-state index in [1.165, 1.54) is 5.56 Å². The third kappa shape index (κ3) is 4.67. The van der Waals surface area contributed by atoms with Gasteiger partial charge in [0, 0.05) is 26.2 Å².